The van der Waals surface area contributed by atoms with E-state index in [4.69, 9.17) is 16.6 Å². The third-order valence-electron chi connectivity index (χ3n) is 3.31. The summed E-state index contributed by atoms with van der Waals surface area (Å²) in [5, 5.41) is 14.2. The molecule has 128 valence electrons. The molecule has 1 aromatic rings. The fraction of sp³-hybridized carbons (Fsp3) is 0.500. The Morgan fingerprint density at radius 2 is 1.91 bits per heavy atom. The van der Waals surface area contributed by atoms with Crippen molar-refractivity contribution in [3.8, 4) is 0 Å². The zero-order valence-corrected chi connectivity index (χ0v) is 13.2. The molecule has 2 amide bonds. The Bertz CT molecular complexity index is 594. The van der Waals surface area contributed by atoms with Crippen molar-refractivity contribution >= 4 is 17.8 Å². The molecule has 8 N–H and O–H groups in total. The summed E-state index contributed by atoms with van der Waals surface area (Å²) in [6.45, 7) is 4.06. The third-order valence-corrected chi connectivity index (χ3v) is 3.31. The summed E-state index contributed by atoms with van der Waals surface area (Å²) >= 11 is 0. The molecule has 0 atom stereocenters. The van der Waals surface area contributed by atoms with Gasteiger partial charge in [-0.05, 0) is 24.5 Å². The molecular weight excluding hydrogens is 302 g/mol. The van der Waals surface area contributed by atoms with Crippen LogP contribution in [-0.4, -0.2) is 40.7 Å². The van der Waals surface area contributed by atoms with E-state index in [0.717, 1.165) is 12.8 Å². The van der Waals surface area contributed by atoms with E-state index in [0.29, 0.717) is 17.7 Å². The van der Waals surface area contributed by atoms with Gasteiger partial charge in [-0.2, -0.15) is 0 Å². The van der Waals surface area contributed by atoms with Crippen molar-refractivity contribution in [2.45, 2.75) is 39.4 Å². The first-order valence-corrected chi connectivity index (χ1v) is 7.31. The smallest absolute Gasteiger partial charge is 0.352 e. The van der Waals surface area contributed by atoms with Gasteiger partial charge in [-0.25, -0.2) is 4.79 Å². The summed E-state index contributed by atoms with van der Waals surface area (Å²) in [6.07, 6.45) is 0.579. The van der Waals surface area contributed by atoms with Gasteiger partial charge < -0.3 is 20.7 Å². The van der Waals surface area contributed by atoms with Gasteiger partial charge in [0.25, 0.3) is 5.91 Å². The molecule has 9 heteroatoms. The minimum absolute atomic E-state index is 0.0218. The molecule has 0 unspecified atom stereocenters. The number of nitrogens with one attached hydrogen (secondary N) is 3. The zero-order chi connectivity index (χ0) is 17.6. The summed E-state index contributed by atoms with van der Waals surface area (Å²) in [5.74, 6) is -2.17. The monoisotopic (exact) mass is 325 g/mol. The van der Waals surface area contributed by atoms with Gasteiger partial charge in [-0.15, -0.1) is 0 Å². The number of hydrogen-bond acceptors (Lipinski definition) is 5. The molecule has 0 bridgehead atoms. The Hall–Kier alpha value is -2.39. The first-order valence-electron chi connectivity index (χ1n) is 7.31. The van der Waals surface area contributed by atoms with Crippen LogP contribution in [0.25, 0.3) is 0 Å². The Balaban J connectivity index is 3.05. The lowest BCUT2D eigenvalue weighted by molar-refractivity contribution is -0.120. The highest BCUT2D eigenvalue weighted by molar-refractivity contribution is 5.99. The van der Waals surface area contributed by atoms with E-state index in [2.05, 4.69) is 15.6 Å². The molecule has 0 fully saturated rings. The van der Waals surface area contributed by atoms with Gasteiger partial charge in [-0.1, -0.05) is 13.3 Å². The number of carbonyl (C=O) groups is 3. The van der Waals surface area contributed by atoms with Gasteiger partial charge in [-0.3, -0.25) is 21.1 Å². The Kier molecular flexibility index (Phi) is 6.73. The van der Waals surface area contributed by atoms with Crippen LogP contribution in [0.5, 0.6) is 0 Å². The number of aromatic carboxylic acids is 1. The molecule has 0 aliphatic heterocycles. The lowest BCUT2D eigenvalue weighted by Crippen LogP contribution is -2.48. The van der Waals surface area contributed by atoms with Crippen molar-refractivity contribution in [2.75, 3.05) is 6.54 Å². The van der Waals surface area contributed by atoms with Gasteiger partial charge in [0, 0.05) is 6.54 Å². The SMILES string of the molecule is CCCCNC(=O)Cc1c(C(=O)NC(N)N)[nH]c(C(=O)O)c1C. The quantitative estimate of drug-likeness (QED) is 0.276. The van der Waals surface area contributed by atoms with Gasteiger partial charge in [0.05, 0.1) is 6.42 Å². The van der Waals surface area contributed by atoms with Crippen LogP contribution in [0.1, 0.15) is 51.9 Å². The molecule has 0 aromatic carbocycles. The van der Waals surface area contributed by atoms with Gasteiger partial charge in [0.1, 0.15) is 17.7 Å². The predicted octanol–water partition coefficient (Wildman–Crippen LogP) is -0.589. The number of carboxylic acids is 1. The van der Waals surface area contributed by atoms with Crippen molar-refractivity contribution in [1.82, 2.24) is 15.6 Å². The van der Waals surface area contributed by atoms with Crippen molar-refractivity contribution in [3.63, 3.8) is 0 Å². The second-order valence-electron chi connectivity index (χ2n) is 5.16. The summed E-state index contributed by atoms with van der Waals surface area (Å²) in [5.41, 5.74) is 11.1. The van der Waals surface area contributed by atoms with E-state index in [1.807, 2.05) is 6.92 Å². The molecule has 23 heavy (non-hydrogen) atoms. The molecular formula is C14H23N5O4. The van der Waals surface area contributed by atoms with E-state index in [-0.39, 0.29) is 23.7 Å². The minimum atomic E-state index is -1.22. The van der Waals surface area contributed by atoms with Crippen LogP contribution in [-0.2, 0) is 11.2 Å². The summed E-state index contributed by atoms with van der Waals surface area (Å²) in [4.78, 5) is 37.8. The molecule has 0 aliphatic rings. The second-order valence-corrected chi connectivity index (χ2v) is 5.16. The summed E-state index contributed by atoms with van der Waals surface area (Å²) in [7, 11) is 0. The number of amides is 2. The number of aromatic amines is 1. The number of rotatable bonds is 8. The summed E-state index contributed by atoms with van der Waals surface area (Å²) < 4.78 is 0. The van der Waals surface area contributed by atoms with Crippen molar-refractivity contribution in [3.05, 3.63) is 22.5 Å². The number of carboxylic acid groups (broad SMARTS) is 1. The van der Waals surface area contributed by atoms with Gasteiger partial charge in [0.2, 0.25) is 5.91 Å². The molecule has 0 radical (unpaired) electrons. The predicted molar refractivity (Wildman–Crippen MR) is 83.7 cm³/mol. The average Bonchev–Trinajstić information content (AvgIpc) is 2.76. The Morgan fingerprint density at radius 3 is 2.43 bits per heavy atom. The van der Waals surface area contributed by atoms with E-state index in [1.165, 1.54) is 6.92 Å². The molecule has 9 nitrogen and oxygen atoms in total. The van der Waals surface area contributed by atoms with Gasteiger partial charge >= 0.3 is 5.97 Å². The number of carbonyl (C=O) groups excluding carboxylic acids is 2. The maximum absolute atomic E-state index is 12.1. The van der Waals surface area contributed by atoms with E-state index in [9.17, 15) is 14.4 Å². The number of hydrogen-bond donors (Lipinski definition) is 6. The highest BCUT2D eigenvalue weighted by Crippen LogP contribution is 2.19. The van der Waals surface area contributed by atoms with E-state index < -0.39 is 18.2 Å². The largest absolute Gasteiger partial charge is 0.477 e. The topological polar surface area (TPSA) is 163 Å². The number of H-pyrrole nitrogens is 1. The normalized spacial score (nSPS) is 10.7. The highest BCUT2D eigenvalue weighted by atomic mass is 16.4. The molecule has 1 heterocycles. The van der Waals surface area contributed by atoms with Crippen LogP contribution in [0, 0.1) is 6.92 Å². The van der Waals surface area contributed by atoms with Crippen LogP contribution < -0.4 is 22.1 Å². The lowest BCUT2D eigenvalue weighted by atomic mass is 10.1. The maximum Gasteiger partial charge on any atom is 0.352 e. The number of nitrogens with two attached hydrogens (primary N) is 2. The first kappa shape index (κ1) is 18.7. The molecule has 0 aliphatic carbocycles. The van der Waals surface area contributed by atoms with Crippen LogP contribution in [0.4, 0.5) is 0 Å². The molecule has 0 spiro atoms. The highest BCUT2D eigenvalue weighted by Gasteiger charge is 2.24. The minimum Gasteiger partial charge on any atom is -0.477 e. The van der Waals surface area contributed by atoms with Crippen molar-refractivity contribution in [2.24, 2.45) is 11.5 Å². The molecule has 0 saturated carbocycles. The molecule has 1 aromatic heterocycles. The summed E-state index contributed by atoms with van der Waals surface area (Å²) in [6, 6.07) is 0. The standard InChI is InChI=1S/C14H23N5O4/c1-3-4-5-17-9(20)6-8-7(2)10(13(22)23)18-11(8)12(21)19-14(15)16/h14,18H,3-6,15-16H2,1-2H3,(H,17,20)(H,19,21)(H,22,23). The Morgan fingerprint density at radius 1 is 1.26 bits per heavy atom. The Labute approximate surface area is 133 Å². The maximum atomic E-state index is 12.1. The van der Waals surface area contributed by atoms with Crippen LogP contribution >= 0.6 is 0 Å². The van der Waals surface area contributed by atoms with E-state index >= 15 is 0 Å². The van der Waals surface area contributed by atoms with Crippen molar-refractivity contribution in [1.29, 1.82) is 0 Å². The molecule has 1 rings (SSSR count). The first-order chi connectivity index (χ1) is 10.8. The zero-order valence-electron chi connectivity index (χ0n) is 13.2. The second kappa shape index (κ2) is 8.30. The van der Waals surface area contributed by atoms with Crippen LogP contribution in [0.2, 0.25) is 0 Å². The number of aromatic nitrogens is 1. The van der Waals surface area contributed by atoms with Crippen molar-refractivity contribution < 1.29 is 19.5 Å². The average molecular weight is 325 g/mol. The lowest BCUT2D eigenvalue weighted by Gasteiger charge is -2.10. The fourth-order valence-corrected chi connectivity index (χ4v) is 2.11. The van der Waals surface area contributed by atoms with Crippen LogP contribution in [0.3, 0.4) is 0 Å². The molecule has 0 saturated heterocycles. The van der Waals surface area contributed by atoms with Gasteiger partial charge in [0.15, 0.2) is 0 Å². The van der Waals surface area contributed by atoms with E-state index in [1.54, 1.807) is 0 Å². The fourth-order valence-electron chi connectivity index (χ4n) is 2.11. The van der Waals surface area contributed by atoms with Crippen LogP contribution in [0.15, 0.2) is 0 Å². The number of unbranched alkanes of at least 4 members (excludes halogenated alkanes) is 1. The third kappa shape index (κ3) is 5.08.